The molecule has 22 heavy (non-hydrogen) atoms. The summed E-state index contributed by atoms with van der Waals surface area (Å²) in [7, 11) is 0. The Morgan fingerprint density at radius 1 is 1.36 bits per heavy atom. The second-order valence-corrected chi connectivity index (χ2v) is 6.12. The first-order valence-corrected chi connectivity index (χ1v) is 8.13. The minimum absolute atomic E-state index is 0.191. The van der Waals surface area contributed by atoms with Crippen LogP contribution in [0.4, 0.5) is 10.1 Å². The van der Waals surface area contributed by atoms with Crippen LogP contribution in [0, 0.1) is 5.82 Å². The number of aryl methyl sites for hydroxylation is 1. The molecule has 0 aliphatic carbocycles. The molecule has 1 unspecified atom stereocenters. The average molecular weight is 309 g/mol. The van der Waals surface area contributed by atoms with E-state index in [1.54, 1.807) is 6.07 Å². The number of halogens is 1. The number of anilines is 1. The molecular weight excluding hydrogens is 285 g/mol. The predicted octanol–water partition coefficient (Wildman–Crippen LogP) is 2.13. The van der Waals surface area contributed by atoms with Gasteiger partial charge in [0.25, 0.3) is 0 Å². The number of β-amino-alcohol motifs (C(OH)–C–C–N with tert-alkyl or cyclic N) is 1. The molecule has 1 atom stereocenters. The number of nitrogens with zero attached hydrogens (tertiary/aromatic N) is 1. The van der Waals surface area contributed by atoms with Crippen molar-refractivity contribution in [1.82, 2.24) is 0 Å². The molecule has 2 aliphatic rings. The molecule has 1 aromatic carbocycles. The lowest BCUT2D eigenvalue weighted by atomic mass is 10.0. The molecule has 2 heterocycles. The van der Waals surface area contributed by atoms with Gasteiger partial charge in [-0.1, -0.05) is 0 Å². The normalized spacial score (nSPS) is 20.7. The fraction of sp³-hybridized carbons (Fsp3) is 0.647. The van der Waals surface area contributed by atoms with Gasteiger partial charge in [-0.15, -0.1) is 0 Å². The van der Waals surface area contributed by atoms with Gasteiger partial charge in [0.15, 0.2) is 0 Å². The Morgan fingerprint density at radius 3 is 3.00 bits per heavy atom. The SMILES string of the molecule is OC(COC1CCOCC1)CN1CCCc2cc(F)ccc21. The molecule has 2 aliphatic heterocycles. The van der Waals surface area contributed by atoms with E-state index in [9.17, 15) is 9.50 Å². The number of hydrogen-bond acceptors (Lipinski definition) is 4. The first-order chi connectivity index (χ1) is 10.7. The minimum Gasteiger partial charge on any atom is -0.389 e. The van der Waals surface area contributed by atoms with Gasteiger partial charge in [0.1, 0.15) is 5.82 Å². The summed E-state index contributed by atoms with van der Waals surface area (Å²) in [4.78, 5) is 2.14. The molecule has 5 heteroatoms. The lowest BCUT2D eigenvalue weighted by Gasteiger charge is -2.33. The maximum absolute atomic E-state index is 13.3. The zero-order valence-electron chi connectivity index (χ0n) is 12.8. The molecule has 0 radical (unpaired) electrons. The fourth-order valence-corrected chi connectivity index (χ4v) is 3.23. The maximum Gasteiger partial charge on any atom is 0.123 e. The number of rotatable bonds is 5. The van der Waals surface area contributed by atoms with E-state index >= 15 is 0 Å². The van der Waals surface area contributed by atoms with Gasteiger partial charge in [-0.25, -0.2) is 4.39 Å². The summed E-state index contributed by atoms with van der Waals surface area (Å²) in [5.41, 5.74) is 2.07. The lowest BCUT2D eigenvalue weighted by Crippen LogP contribution is -2.39. The molecule has 0 aromatic heterocycles. The predicted molar refractivity (Wildman–Crippen MR) is 82.7 cm³/mol. The van der Waals surface area contributed by atoms with Crippen LogP contribution < -0.4 is 4.90 Å². The molecule has 0 saturated carbocycles. The monoisotopic (exact) mass is 309 g/mol. The van der Waals surface area contributed by atoms with Gasteiger partial charge in [-0.05, 0) is 49.4 Å². The van der Waals surface area contributed by atoms with Crippen molar-refractivity contribution in [1.29, 1.82) is 0 Å². The largest absolute Gasteiger partial charge is 0.389 e. The van der Waals surface area contributed by atoms with Gasteiger partial charge in [-0.3, -0.25) is 0 Å². The summed E-state index contributed by atoms with van der Waals surface area (Å²) in [5, 5.41) is 10.2. The van der Waals surface area contributed by atoms with Gasteiger partial charge in [-0.2, -0.15) is 0 Å². The molecular formula is C17H24FNO3. The Balaban J connectivity index is 1.52. The van der Waals surface area contributed by atoms with E-state index in [4.69, 9.17) is 9.47 Å². The van der Waals surface area contributed by atoms with E-state index in [1.165, 1.54) is 6.07 Å². The van der Waals surface area contributed by atoms with Crippen LogP contribution >= 0.6 is 0 Å². The molecule has 4 nitrogen and oxygen atoms in total. The van der Waals surface area contributed by atoms with E-state index < -0.39 is 6.10 Å². The van der Waals surface area contributed by atoms with Crippen molar-refractivity contribution < 1.29 is 19.0 Å². The summed E-state index contributed by atoms with van der Waals surface area (Å²) in [6, 6.07) is 4.91. The standard InChI is InChI=1S/C17H24FNO3/c18-14-3-4-17-13(10-14)2-1-7-19(17)11-15(20)12-22-16-5-8-21-9-6-16/h3-4,10,15-16,20H,1-2,5-9,11-12H2. The number of aliphatic hydroxyl groups is 1. The van der Waals surface area contributed by atoms with Crippen molar-refractivity contribution >= 4 is 5.69 Å². The molecule has 3 rings (SSSR count). The van der Waals surface area contributed by atoms with Crippen LogP contribution in [0.25, 0.3) is 0 Å². The highest BCUT2D eigenvalue weighted by molar-refractivity contribution is 5.55. The van der Waals surface area contributed by atoms with Crippen LogP contribution in [0.5, 0.6) is 0 Å². The molecule has 0 bridgehead atoms. The van der Waals surface area contributed by atoms with Crippen LogP contribution in [0.2, 0.25) is 0 Å². The van der Waals surface area contributed by atoms with E-state index in [1.807, 2.05) is 6.07 Å². The second-order valence-electron chi connectivity index (χ2n) is 6.12. The van der Waals surface area contributed by atoms with Crippen LogP contribution in [0.1, 0.15) is 24.8 Å². The third kappa shape index (κ3) is 3.97. The van der Waals surface area contributed by atoms with Crippen molar-refractivity contribution in [3.63, 3.8) is 0 Å². The highest BCUT2D eigenvalue weighted by Gasteiger charge is 2.21. The minimum atomic E-state index is -0.529. The number of ether oxygens (including phenoxy) is 2. The maximum atomic E-state index is 13.3. The molecule has 1 saturated heterocycles. The number of hydrogen-bond donors (Lipinski definition) is 1. The third-order valence-corrected chi connectivity index (χ3v) is 4.38. The number of benzene rings is 1. The van der Waals surface area contributed by atoms with Crippen LogP contribution in [-0.2, 0) is 15.9 Å². The topological polar surface area (TPSA) is 41.9 Å². The third-order valence-electron chi connectivity index (χ3n) is 4.38. The number of fused-ring (bicyclic) bond motifs is 1. The van der Waals surface area contributed by atoms with E-state index in [0.717, 1.165) is 56.7 Å². The summed E-state index contributed by atoms with van der Waals surface area (Å²) >= 11 is 0. The Hall–Kier alpha value is -1.17. The molecule has 0 spiro atoms. The highest BCUT2D eigenvalue weighted by Crippen LogP contribution is 2.27. The van der Waals surface area contributed by atoms with E-state index in [2.05, 4.69) is 4.90 Å². The summed E-state index contributed by atoms with van der Waals surface area (Å²) < 4.78 is 24.4. The Bertz CT molecular complexity index is 491. The molecule has 0 amide bonds. The van der Waals surface area contributed by atoms with Gasteiger partial charge < -0.3 is 19.5 Å². The second kappa shape index (κ2) is 7.40. The van der Waals surface area contributed by atoms with Crippen molar-refractivity contribution in [2.45, 2.75) is 37.9 Å². The quantitative estimate of drug-likeness (QED) is 0.905. The van der Waals surface area contributed by atoms with Gasteiger partial charge >= 0.3 is 0 Å². The van der Waals surface area contributed by atoms with Crippen molar-refractivity contribution in [2.24, 2.45) is 0 Å². The van der Waals surface area contributed by atoms with E-state index in [-0.39, 0.29) is 11.9 Å². The van der Waals surface area contributed by atoms with Crippen LogP contribution in [0.3, 0.4) is 0 Å². The van der Waals surface area contributed by atoms with Crippen LogP contribution in [0.15, 0.2) is 18.2 Å². The highest BCUT2D eigenvalue weighted by atomic mass is 19.1. The zero-order chi connectivity index (χ0) is 15.4. The van der Waals surface area contributed by atoms with Crippen LogP contribution in [-0.4, -0.2) is 50.2 Å². The smallest absolute Gasteiger partial charge is 0.123 e. The van der Waals surface area contributed by atoms with Crippen molar-refractivity contribution in [3.8, 4) is 0 Å². The van der Waals surface area contributed by atoms with Crippen molar-refractivity contribution in [3.05, 3.63) is 29.6 Å². The molecule has 1 N–H and O–H groups in total. The summed E-state index contributed by atoms with van der Waals surface area (Å²) in [5.74, 6) is -0.191. The Kier molecular flexibility index (Phi) is 5.28. The molecule has 1 aromatic rings. The zero-order valence-corrected chi connectivity index (χ0v) is 12.8. The fourth-order valence-electron chi connectivity index (χ4n) is 3.23. The van der Waals surface area contributed by atoms with Gasteiger partial charge in [0.2, 0.25) is 0 Å². The molecule has 122 valence electrons. The average Bonchev–Trinajstić information content (AvgIpc) is 2.54. The molecule has 1 fully saturated rings. The summed E-state index contributed by atoms with van der Waals surface area (Å²) in [6.45, 7) is 3.25. The van der Waals surface area contributed by atoms with E-state index in [0.29, 0.717) is 13.2 Å². The number of aliphatic hydroxyl groups excluding tert-OH is 1. The van der Waals surface area contributed by atoms with Crippen molar-refractivity contribution in [2.75, 3.05) is 37.8 Å². The Labute approximate surface area is 130 Å². The van der Waals surface area contributed by atoms with Gasteiger partial charge in [0, 0.05) is 32.0 Å². The Morgan fingerprint density at radius 2 is 2.18 bits per heavy atom. The first kappa shape index (κ1) is 15.7. The van der Waals surface area contributed by atoms with Gasteiger partial charge in [0.05, 0.1) is 18.8 Å². The first-order valence-electron chi connectivity index (χ1n) is 8.13. The summed E-state index contributed by atoms with van der Waals surface area (Å²) in [6.07, 6.45) is 3.37. The lowest BCUT2D eigenvalue weighted by molar-refractivity contribution is -0.0575.